The number of hydrogen-bond donors (Lipinski definition) is 2. The molecule has 12 heteroatoms. The van der Waals surface area contributed by atoms with Gasteiger partial charge in [-0.3, -0.25) is 4.31 Å². The van der Waals surface area contributed by atoms with Gasteiger partial charge < -0.3 is 15.4 Å². The molecule has 1 aromatic heterocycles. The lowest BCUT2D eigenvalue weighted by atomic mass is 10.2. The van der Waals surface area contributed by atoms with E-state index in [1.165, 1.54) is 14.2 Å². The number of halogens is 3. The molecule has 0 saturated heterocycles. The quantitative estimate of drug-likeness (QED) is 0.496. The van der Waals surface area contributed by atoms with Crippen LogP contribution in [0.1, 0.15) is 11.1 Å². The first kappa shape index (κ1) is 24.1. The van der Waals surface area contributed by atoms with Gasteiger partial charge in [0.25, 0.3) is 0 Å². The third-order valence-electron chi connectivity index (χ3n) is 4.67. The maximum atomic E-state index is 13.5. The number of ether oxygens (including phenoxy) is 1. The molecule has 0 spiro atoms. The average Bonchev–Trinajstić information content (AvgIpc) is 2.76. The number of anilines is 4. The normalized spacial score (nSPS) is 11.7. The molecule has 0 aliphatic heterocycles. The first-order valence-corrected chi connectivity index (χ1v) is 11.4. The molecule has 0 aliphatic rings. The summed E-state index contributed by atoms with van der Waals surface area (Å²) in [6, 6.07) is 13.2. The summed E-state index contributed by atoms with van der Waals surface area (Å²) >= 11 is 0. The fraction of sp³-hybridized carbons (Fsp3) is 0.238. The van der Waals surface area contributed by atoms with Crippen LogP contribution in [0, 0.1) is 0 Å². The van der Waals surface area contributed by atoms with E-state index < -0.39 is 27.6 Å². The Balaban J connectivity index is 1.84. The second kappa shape index (κ2) is 9.53. The van der Waals surface area contributed by atoms with Crippen LogP contribution >= 0.6 is 0 Å². The number of aromatic nitrogens is 2. The average molecular weight is 482 g/mol. The SMILES string of the molecule is COc1ccc(Nc2ncc(C(F)(F)F)c(NCc3cccc(N(C)S(C)(=O)=O)c3)n2)cc1. The summed E-state index contributed by atoms with van der Waals surface area (Å²) in [6.45, 7) is -0.0203. The summed E-state index contributed by atoms with van der Waals surface area (Å²) in [5.74, 6) is 0.191. The second-order valence-corrected chi connectivity index (χ2v) is 9.07. The fourth-order valence-corrected chi connectivity index (χ4v) is 3.32. The van der Waals surface area contributed by atoms with Crippen LogP contribution in [-0.2, 0) is 22.7 Å². The van der Waals surface area contributed by atoms with Crippen molar-refractivity contribution in [2.45, 2.75) is 12.7 Å². The van der Waals surface area contributed by atoms with Gasteiger partial charge in [-0.25, -0.2) is 13.4 Å². The molecule has 0 aliphatic carbocycles. The van der Waals surface area contributed by atoms with E-state index in [0.29, 0.717) is 28.9 Å². The van der Waals surface area contributed by atoms with E-state index in [2.05, 4.69) is 20.6 Å². The summed E-state index contributed by atoms with van der Waals surface area (Å²) in [5.41, 5.74) is 0.502. The predicted octanol–water partition coefficient (Wildman–Crippen LogP) is 4.26. The van der Waals surface area contributed by atoms with E-state index in [1.807, 2.05) is 0 Å². The lowest BCUT2D eigenvalue weighted by Crippen LogP contribution is -2.24. The van der Waals surface area contributed by atoms with Gasteiger partial charge in [0.2, 0.25) is 16.0 Å². The molecular formula is C21H22F3N5O3S. The molecule has 3 aromatic rings. The van der Waals surface area contributed by atoms with Gasteiger partial charge in [-0.2, -0.15) is 18.2 Å². The molecule has 1 heterocycles. The van der Waals surface area contributed by atoms with Crippen molar-refractivity contribution in [3.05, 3.63) is 65.9 Å². The van der Waals surface area contributed by atoms with Crippen molar-refractivity contribution < 1.29 is 26.3 Å². The Kier molecular flexibility index (Phi) is 6.96. The van der Waals surface area contributed by atoms with Crippen LogP contribution in [0.5, 0.6) is 5.75 Å². The van der Waals surface area contributed by atoms with E-state index in [1.54, 1.807) is 48.5 Å². The molecule has 33 heavy (non-hydrogen) atoms. The maximum Gasteiger partial charge on any atom is 0.421 e. The number of hydrogen-bond acceptors (Lipinski definition) is 7. The van der Waals surface area contributed by atoms with E-state index in [-0.39, 0.29) is 12.5 Å². The van der Waals surface area contributed by atoms with Gasteiger partial charge in [0.05, 0.1) is 19.1 Å². The predicted molar refractivity (Wildman–Crippen MR) is 120 cm³/mol. The summed E-state index contributed by atoms with van der Waals surface area (Å²) in [7, 11) is -0.562. The van der Waals surface area contributed by atoms with Gasteiger partial charge in [-0.05, 0) is 42.0 Å². The Hall–Kier alpha value is -3.54. The molecule has 0 bridgehead atoms. The zero-order valence-corrected chi connectivity index (χ0v) is 18.8. The molecular weight excluding hydrogens is 459 g/mol. The van der Waals surface area contributed by atoms with E-state index >= 15 is 0 Å². The van der Waals surface area contributed by atoms with Gasteiger partial charge in [0, 0.05) is 25.5 Å². The number of methoxy groups -OCH3 is 1. The minimum absolute atomic E-state index is 0.0203. The van der Waals surface area contributed by atoms with Crippen molar-refractivity contribution in [2.24, 2.45) is 0 Å². The van der Waals surface area contributed by atoms with Crippen molar-refractivity contribution >= 4 is 33.2 Å². The number of nitrogens with zero attached hydrogens (tertiary/aromatic N) is 3. The molecule has 0 amide bonds. The monoisotopic (exact) mass is 481 g/mol. The van der Waals surface area contributed by atoms with Crippen molar-refractivity contribution in [1.82, 2.24) is 9.97 Å². The highest BCUT2D eigenvalue weighted by Gasteiger charge is 2.35. The lowest BCUT2D eigenvalue weighted by Gasteiger charge is -2.18. The van der Waals surface area contributed by atoms with Crippen LogP contribution in [0.2, 0.25) is 0 Å². The van der Waals surface area contributed by atoms with Crippen molar-refractivity contribution in [3.8, 4) is 5.75 Å². The van der Waals surface area contributed by atoms with Crippen molar-refractivity contribution in [2.75, 3.05) is 35.4 Å². The fourth-order valence-electron chi connectivity index (χ4n) is 2.83. The van der Waals surface area contributed by atoms with Crippen molar-refractivity contribution in [1.29, 1.82) is 0 Å². The third-order valence-corrected chi connectivity index (χ3v) is 5.88. The first-order valence-electron chi connectivity index (χ1n) is 9.59. The van der Waals surface area contributed by atoms with Crippen molar-refractivity contribution in [3.63, 3.8) is 0 Å². The molecule has 0 fully saturated rings. The molecule has 0 atom stereocenters. The van der Waals surface area contributed by atoms with Gasteiger partial charge in [0.1, 0.15) is 17.1 Å². The molecule has 2 aromatic carbocycles. The van der Waals surface area contributed by atoms with Crippen LogP contribution in [-0.4, -0.2) is 38.8 Å². The second-order valence-electron chi connectivity index (χ2n) is 7.06. The minimum Gasteiger partial charge on any atom is -0.497 e. The highest BCUT2D eigenvalue weighted by Crippen LogP contribution is 2.34. The molecule has 3 rings (SSSR count). The van der Waals surface area contributed by atoms with Crippen LogP contribution in [0.15, 0.2) is 54.7 Å². The summed E-state index contributed by atoms with van der Waals surface area (Å²) in [6.07, 6.45) is -2.90. The number of nitrogens with one attached hydrogen (secondary N) is 2. The Morgan fingerprint density at radius 3 is 2.42 bits per heavy atom. The van der Waals surface area contributed by atoms with Crippen LogP contribution < -0.4 is 19.7 Å². The summed E-state index contributed by atoms with van der Waals surface area (Å²) in [5, 5.41) is 5.54. The van der Waals surface area contributed by atoms with Gasteiger partial charge in [-0.15, -0.1) is 0 Å². The molecule has 0 unspecified atom stereocenters. The lowest BCUT2D eigenvalue weighted by molar-refractivity contribution is -0.137. The Morgan fingerprint density at radius 2 is 1.82 bits per heavy atom. The molecule has 0 saturated carbocycles. The van der Waals surface area contributed by atoms with Crippen LogP contribution in [0.4, 0.5) is 36.3 Å². The van der Waals surface area contributed by atoms with Crippen LogP contribution in [0.3, 0.4) is 0 Å². The largest absolute Gasteiger partial charge is 0.497 e. The highest BCUT2D eigenvalue weighted by atomic mass is 32.2. The number of sulfonamides is 1. The summed E-state index contributed by atoms with van der Waals surface area (Å²) < 4.78 is 70.1. The van der Waals surface area contributed by atoms with Crippen LogP contribution in [0.25, 0.3) is 0 Å². The standard InChI is InChI=1S/C21H22F3N5O3S/c1-29(33(3,30)31)16-6-4-5-14(11-16)12-25-19-18(21(22,23)24)13-26-20(28-19)27-15-7-9-17(32-2)10-8-15/h4-11,13H,12H2,1-3H3,(H2,25,26,27,28). The molecule has 2 N–H and O–H groups in total. The third kappa shape index (κ3) is 6.25. The molecule has 0 radical (unpaired) electrons. The first-order chi connectivity index (χ1) is 15.5. The Morgan fingerprint density at radius 1 is 1.12 bits per heavy atom. The summed E-state index contributed by atoms with van der Waals surface area (Å²) in [4.78, 5) is 7.77. The smallest absolute Gasteiger partial charge is 0.421 e. The zero-order chi connectivity index (χ0) is 24.2. The van der Waals surface area contributed by atoms with E-state index in [9.17, 15) is 21.6 Å². The van der Waals surface area contributed by atoms with Gasteiger partial charge in [-0.1, -0.05) is 12.1 Å². The maximum absolute atomic E-state index is 13.5. The highest BCUT2D eigenvalue weighted by molar-refractivity contribution is 7.92. The number of alkyl halides is 3. The minimum atomic E-state index is -4.67. The molecule has 176 valence electrons. The zero-order valence-electron chi connectivity index (χ0n) is 18.0. The van der Waals surface area contributed by atoms with E-state index in [0.717, 1.165) is 10.6 Å². The topological polar surface area (TPSA) is 96.5 Å². The number of benzene rings is 2. The van der Waals surface area contributed by atoms with E-state index in [4.69, 9.17) is 4.74 Å². The number of rotatable bonds is 8. The Labute approximate surface area is 189 Å². The molecule has 8 nitrogen and oxygen atoms in total. The van der Waals surface area contributed by atoms with Gasteiger partial charge >= 0.3 is 6.18 Å². The van der Waals surface area contributed by atoms with Gasteiger partial charge in [0.15, 0.2) is 0 Å². The Bertz CT molecular complexity index is 1220.